The van der Waals surface area contributed by atoms with Gasteiger partial charge in [-0.05, 0) is 36.4 Å². The van der Waals surface area contributed by atoms with Crippen LogP contribution in [0.25, 0.3) is 20.4 Å². The Morgan fingerprint density at radius 3 is 1.53 bits per heavy atom. The number of aliphatic imine (C=N–C) groups is 2. The van der Waals surface area contributed by atoms with Gasteiger partial charge in [0.15, 0.2) is 0 Å². The quantitative estimate of drug-likeness (QED) is 0.352. The van der Waals surface area contributed by atoms with Crippen LogP contribution in [0.5, 0.6) is 11.5 Å². The lowest BCUT2D eigenvalue weighted by atomic mass is 10.2. The number of aromatic nitrogens is 2. The number of nitrogens with zero attached hydrogens (tertiary/aromatic N) is 4. The molecule has 2 heterocycles. The average molecular weight is 431 g/mol. The van der Waals surface area contributed by atoms with Crippen LogP contribution in [0, 0.1) is 0 Å². The van der Waals surface area contributed by atoms with Gasteiger partial charge < -0.3 is 10.2 Å². The number of thiazole rings is 2. The van der Waals surface area contributed by atoms with E-state index in [-0.39, 0.29) is 11.5 Å². The lowest BCUT2D eigenvalue weighted by Gasteiger charge is -1.95. The van der Waals surface area contributed by atoms with Crippen molar-refractivity contribution in [2.45, 2.75) is 0 Å². The molecule has 30 heavy (non-hydrogen) atoms. The van der Waals surface area contributed by atoms with Crippen LogP contribution >= 0.6 is 22.7 Å². The predicted octanol–water partition coefficient (Wildman–Crippen LogP) is 5.82. The van der Waals surface area contributed by atoms with Crippen molar-refractivity contribution in [3.8, 4) is 11.5 Å². The lowest BCUT2D eigenvalue weighted by molar-refractivity contribution is 0.474. The summed E-state index contributed by atoms with van der Waals surface area (Å²) in [5, 5.41) is 20.9. The van der Waals surface area contributed by atoms with E-state index in [4.69, 9.17) is 0 Å². The molecular formula is C22H14N4O2S2. The molecule has 2 aromatic heterocycles. The summed E-state index contributed by atoms with van der Waals surface area (Å²) in [7, 11) is 0. The van der Waals surface area contributed by atoms with Crippen LogP contribution in [-0.2, 0) is 0 Å². The molecule has 0 unspecified atom stereocenters. The molecule has 146 valence electrons. The highest BCUT2D eigenvalue weighted by molar-refractivity contribution is 7.23. The number of phenolic OH excluding ortho intramolecular Hbond substituents is 2. The van der Waals surface area contributed by atoms with Crippen molar-refractivity contribution in [3.63, 3.8) is 0 Å². The van der Waals surface area contributed by atoms with Gasteiger partial charge in [-0.2, -0.15) is 0 Å². The highest BCUT2D eigenvalue weighted by atomic mass is 32.1. The first-order valence-corrected chi connectivity index (χ1v) is 10.6. The smallest absolute Gasteiger partial charge is 0.210 e. The Bertz CT molecular complexity index is 1280. The molecule has 0 atom stereocenters. The van der Waals surface area contributed by atoms with Gasteiger partial charge in [0.1, 0.15) is 11.5 Å². The van der Waals surface area contributed by atoms with Crippen molar-refractivity contribution in [1.29, 1.82) is 0 Å². The van der Waals surface area contributed by atoms with Crippen molar-refractivity contribution in [1.82, 2.24) is 9.97 Å². The summed E-state index contributed by atoms with van der Waals surface area (Å²) < 4.78 is 1.96. The summed E-state index contributed by atoms with van der Waals surface area (Å²) in [6, 6.07) is 18.0. The number of aromatic hydroxyl groups is 2. The van der Waals surface area contributed by atoms with Crippen LogP contribution in [-0.4, -0.2) is 32.6 Å². The second-order valence-corrected chi connectivity index (χ2v) is 8.43. The Balaban J connectivity index is 1.44. The normalized spacial score (nSPS) is 12.0. The molecule has 0 saturated heterocycles. The summed E-state index contributed by atoms with van der Waals surface area (Å²) >= 11 is 2.92. The molecule has 5 aromatic rings. The number of benzene rings is 3. The Labute approximate surface area is 179 Å². The van der Waals surface area contributed by atoms with Crippen molar-refractivity contribution >= 4 is 65.8 Å². The third-order valence-electron chi connectivity index (χ3n) is 4.38. The van der Waals surface area contributed by atoms with Crippen LogP contribution in [0.15, 0.2) is 70.6 Å². The van der Waals surface area contributed by atoms with Gasteiger partial charge >= 0.3 is 0 Å². The first-order chi connectivity index (χ1) is 14.7. The fourth-order valence-electron chi connectivity index (χ4n) is 2.88. The van der Waals surface area contributed by atoms with E-state index < -0.39 is 0 Å². The molecule has 0 radical (unpaired) electrons. The largest absolute Gasteiger partial charge is 0.507 e. The molecule has 0 aliphatic rings. The topological polar surface area (TPSA) is 91.0 Å². The predicted molar refractivity (Wildman–Crippen MR) is 124 cm³/mol. The van der Waals surface area contributed by atoms with Crippen LogP contribution in [0.1, 0.15) is 11.1 Å². The summed E-state index contributed by atoms with van der Waals surface area (Å²) in [5.74, 6) is 0.368. The van der Waals surface area contributed by atoms with Crippen molar-refractivity contribution in [2.75, 3.05) is 0 Å². The molecule has 0 fully saturated rings. The summed E-state index contributed by atoms with van der Waals surface area (Å²) in [5.41, 5.74) is 2.98. The Morgan fingerprint density at radius 2 is 1.10 bits per heavy atom. The maximum atomic E-state index is 9.85. The maximum absolute atomic E-state index is 9.85. The van der Waals surface area contributed by atoms with Crippen molar-refractivity contribution < 1.29 is 10.2 Å². The number of para-hydroxylation sites is 2. The Morgan fingerprint density at radius 1 is 0.667 bits per heavy atom. The number of rotatable bonds is 4. The van der Waals surface area contributed by atoms with Gasteiger partial charge in [-0.25, -0.2) is 20.0 Å². The molecule has 2 N–H and O–H groups in total. The number of hydrogen-bond donors (Lipinski definition) is 2. The first-order valence-electron chi connectivity index (χ1n) is 9.01. The van der Waals surface area contributed by atoms with Crippen LogP contribution in [0.4, 0.5) is 10.3 Å². The average Bonchev–Trinajstić information content (AvgIpc) is 3.33. The van der Waals surface area contributed by atoms with Gasteiger partial charge in [-0.3, -0.25) is 0 Å². The fraction of sp³-hybridized carbons (Fsp3) is 0. The van der Waals surface area contributed by atoms with E-state index >= 15 is 0 Å². The zero-order chi connectivity index (χ0) is 20.5. The van der Waals surface area contributed by atoms with Gasteiger partial charge in [0.2, 0.25) is 10.3 Å². The molecule has 3 aromatic carbocycles. The van der Waals surface area contributed by atoms with Gasteiger partial charge in [-0.15, -0.1) is 0 Å². The minimum Gasteiger partial charge on any atom is -0.507 e. The molecule has 5 rings (SSSR count). The molecule has 6 nitrogen and oxygen atoms in total. The van der Waals surface area contributed by atoms with E-state index in [1.165, 1.54) is 22.7 Å². The second-order valence-electron chi connectivity index (χ2n) is 6.41. The lowest BCUT2D eigenvalue weighted by Crippen LogP contribution is -1.80. The van der Waals surface area contributed by atoms with E-state index in [0.29, 0.717) is 21.4 Å². The monoisotopic (exact) mass is 430 g/mol. The summed E-state index contributed by atoms with van der Waals surface area (Å²) in [6.45, 7) is 0. The van der Waals surface area contributed by atoms with Crippen molar-refractivity contribution in [3.05, 3.63) is 71.8 Å². The molecule has 0 aliphatic carbocycles. The second kappa shape index (κ2) is 7.66. The molecule has 0 aliphatic heterocycles. The minimum atomic E-state index is 0.184. The van der Waals surface area contributed by atoms with E-state index in [0.717, 1.165) is 20.4 Å². The van der Waals surface area contributed by atoms with Crippen LogP contribution < -0.4 is 0 Å². The third-order valence-corrected chi connectivity index (χ3v) is 6.23. The van der Waals surface area contributed by atoms with Gasteiger partial charge in [0.05, 0.1) is 20.4 Å². The standard InChI is InChI=1S/C22H14N4O2S2/c27-17-7-3-1-5-13(17)11-23-21-25-15-9-20-16(10-19(15)29-21)26-22(30-20)24-12-14-6-2-4-8-18(14)28/h1-12,27-28H/b23-11+,24-12+. The van der Waals surface area contributed by atoms with E-state index in [2.05, 4.69) is 20.0 Å². The molecular weight excluding hydrogens is 416 g/mol. The summed E-state index contributed by atoms with van der Waals surface area (Å²) in [6.07, 6.45) is 3.22. The molecule has 0 spiro atoms. The first kappa shape index (κ1) is 18.4. The molecule has 0 saturated carbocycles. The third kappa shape index (κ3) is 3.66. The fourth-order valence-corrected chi connectivity index (χ4v) is 4.53. The van der Waals surface area contributed by atoms with Crippen LogP contribution in [0.3, 0.4) is 0 Å². The van der Waals surface area contributed by atoms with E-state index in [1.54, 1.807) is 48.8 Å². The zero-order valence-corrected chi connectivity index (χ0v) is 17.1. The highest BCUT2D eigenvalue weighted by Gasteiger charge is 2.09. The van der Waals surface area contributed by atoms with Crippen LogP contribution in [0.2, 0.25) is 0 Å². The molecule has 8 heteroatoms. The van der Waals surface area contributed by atoms with Gasteiger partial charge in [-0.1, -0.05) is 46.9 Å². The zero-order valence-electron chi connectivity index (χ0n) is 15.4. The summed E-state index contributed by atoms with van der Waals surface area (Å²) in [4.78, 5) is 17.9. The maximum Gasteiger partial charge on any atom is 0.210 e. The van der Waals surface area contributed by atoms with Gasteiger partial charge in [0.25, 0.3) is 0 Å². The Hall–Kier alpha value is -3.62. The number of fused-ring (bicyclic) bond motifs is 2. The number of phenols is 2. The van der Waals surface area contributed by atoms with E-state index in [9.17, 15) is 10.2 Å². The molecule has 0 amide bonds. The minimum absolute atomic E-state index is 0.184. The van der Waals surface area contributed by atoms with E-state index in [1.807, 2.05) is 24.3 Å². The van der Waals surface area contributed by atoms with Crippen molar-refractivity contribution in [2.24, 2.45) is 9.98 Å². The number of hydrogen-bond acceptors (Lipinski definition) is 8. The van der Waals surface area contributed by atoms with Gasteiger partial charge in [0, 0.05) is 23.6 Å². The highest BCUT2D eigenvalue weighted by Crippen LogP contribution is 2.35. The SMILES string of the molecule is Oc1ccccc1/C=N/c1nc2cc3sc(/N=C/c4ccccc4O)nc3cc2s1. The Kier molecular flexibility index (Phi) is 4.70. The molecule has 0 bridgehead atoms.